The van der Waals surface area contributed by atoms with E-state index in [1.54, 1.807) is 0 Å². The minimum atomic E-state index is 0.421. The van der Waals surface area contributed by atoms with Crippen molar-refractivity contribution in [3.63, 3.8) is 0 Å². The number of nitrogens with two attached hydrogens (primary N) is 1. The highest BCUT2D eigenvalue weighted by atomic mass is 16.5. The van der Waals surface area contributed by atoms with Gasteiger partial charge in [0.05, 0.1) is 12.2 Å². The summed E-state index contributed by atoms with van der Waals surface area (Å²) in [5.74, 6) is 0. The van der Waals surface area contributed by atoms with Crippen LogP contribution in [0.1, 0.15) is 52.4 Å². The summed E-state index contributed by atoms with van der Waals surface area (Å²) in [6.07, 6.45) is 8.50. The maximum atomic E-state index is 5.85. The summed E-state index contributed by atoms with van der Waals surface area (Å²) in [7, 11) is 0. The molecule has 0 bridgehead atoms. The normalized spacial score (nSPS) is 40.4. The molecule has 0 aromatic rings. The van der Waals surface area contributed by atoms with Crippen LogP contribution in [0.2, 0.25) is 0 Å². The summed E-state index contributed by atoms with van der Waals surface area (Å²) in [6.45, 7) is 6.53. The molecule has 3 atom stereocenters. The minimum Gasteiger partial charge on any atom is -0.375 e. The highest BCUT2D eigenvalue weighted by molar-refractivity contribution is 4.87. The minimum absolute atomic E-state index is 0.421. The van der Waals surface area contributed by atoms with Crippen molar-refractivity contribution < 1.29 is 4.74 Å². The number of nitrogens with zero attached hydrogens (tertiary/aromatic N) is 1. The van der Waals surface area contributed by atoms with E-state index in [0.29, 0.717) is 12.2 Å². The lowest BCUT2D eigenvalue weighted by Crippen LogP contribution is -2.51. The van der Waals surface area contributed by atoms with Crippen LogP contribution < -0.4 is 5.73 Å². The van der Waals surface area contributed by atoms with E-state index in [4.69, 9.17) is 10.5 Å². The molecule has 0 spiro atoms. The van der Waals surface area contributed by atoms with Crippen LogP contribution in [0.25, 0.3) is 0 Å². The van der Waals surface area contributed by atoms with Crippen molar-refractivity contribution in [2.24, 2.45) is 5.73 Å². The van der Waals surface area contributed by atoms with E-state index in [-0.39, 0.29) is 0 Å². The molecule has 0 radical (unpaired) electrons. The molecule has 2 aliphatic heterocycles. The van der Waals surface area contributed by atoms with Crippen molar-refractivity contribution in [3.8, 4) is 0 Å². The van der Waals surface area contributed by atoms with Gasteiger partial charge in [-0.05, 0) is 59.0 Å². The third kappa shape index (κ3) is 3.43. The van der Waals surface area contributed by atoms with Gasteiger partial charge in [-0.15, -0.1) is 0 Å². The monoisotopic (exact) mass is 240 g/mol. The molecule has 2 fully saturated rings. The number of likely N-dealkylation sites (tertiary alicyclic amines) is 1. The summed E-state index contributed by atoms with van der Waals surface area (Å²) >= 11 is 0. The van der Waals surface area contributed by atoms with Crippen molar-refractivity contribution in [3.05, 3.63) is 0 Å². The van der Waals surface area contributed by atoms with Gasteiger partial charge in [0.25, 0.3) is 0 Å². The lowest BCUT2D eigenvalue weighted by Gasteiger charge is -2.45. The number of hydrogen-bond acceptors (Lipinski definition) is 3. The first-order valence-electron chi connectivity index (χ1n) is 7.32. The predicted molar refractivity (Wildman–Crippen MR) is 71.0 cm³/mol. The zero-order valence-electron chi connectivity index (χ0n) is 11.4. The first kappa shape index (κ1) is 13.3. The van der Waals surface area contributed by atoms with Gasteiger partial charge in [0, 0.05) is 12.1 Å². The Labute approximate surface area is 106 Å². The van der Waals surface area contributed by atoms with Crippen LogP contribution >= 0.6 is 0 Å². The Kier molecular flexibility index (Phi) is 4.83. The first-order chi connectivity index (χ1) is 8.20. The Morgan fingerprint density at radius 3 is 2.53 bits per heavy atom. The van der Waals surface area contributed by atoms with Gasteiger partial charge in [-0.2, -0.15) is 0 Å². The van der Waals surface area contributed by atoms with Crippen LogP contribution in [-0.2, 0) is 4.74 Å². The third-order valence-corrected chi connectivity index (χ3v) is 4.31. The second kappa shape index (κ2) is 6.17. The van der Waals surface area contributed by atoms with Crippen molar-refractivity contribution in [1.29, 1.82) is 0 Å². The quantitative estimate of drug-likeness (QED) is 0.821. The van der Waals surface area contributed by atoms with Crippen molar-refractivity contribution in [2.45, 2.75) is 76.7 Å². The molecule has 2 N–H and O–H groups in total. The van der Waals surface area contributed by atoms with Crippen molar-refractivity contribution >= 4 is 0 Å². The summed E-state index contributed by atoms with van der Waals surface area (Å²) in [5.41, 5.74) is 5.75. The second-order valence-corrected chi connectivity index (χ2v) is 5.85. The standard InChI is InChI=1S/C14H28N2O/c1-11-9-14(10-12(2)17-11)16-8-4-3-5-13(16)6-7-15/h11-14H,3-10,15H2,1-2H3. The predicted octanol–water partition coefficient (Wildman–Crippen LogP) is 2.15. The molecule has 0 aromatic heterocycles. The van der Waals surface area contributed by atoms with Crippen LogP contribution in [0.15, 0.2) is 0 Å². The molecule has 0 saturated carbocycles. The Balaban J connectivity index is 1.97. The van der Waals surface area contributed by atoms with Crippen LogP contribution in [-0.4, -0.2) is 42.3 Å². The maximum absolute atomic E-state index is 5.85. The average molecular weight is 240 g/mol. The van der Waals surface area contributed by atoms with Crippen LogP contribution in [0.4, 0.5) is 0 Å². The van der Waals surface area contributed by atoms with Gasteiger partial charge in [-0.1, -0.05) is 6.42 Å². The molecule has 3 unspecified atom stereocenters. The summed E-state index contributed by atoms with van der Waals surface area (Å²) in [5, 5.41) is 0. The zero-order valence-corrected chi connectivity index (χ0v) is 11.4. The van der Waals surface area contributed by atoms with E-state index in [1.807, 2.05) is 0 Å². The fraction of sp³-hybridized carbons (Fsp3) is 1.00. The fourth-order valence-corrected chi connectivity index (χ4v) is 3.65. The molecule has 3 heteroatoms. The average Bonchev–Trinajstić information content (AvgIpc) is 2.29. The topological polar surface area (TPSA) is 38.5 Å². The lowest BCUT2D eigenvalue weighted by molar-refractivity contribution is -0.0771. The molecule has 3 nitrogen and oxygen atoms in total. The molecule has 0 aromatic carbocycles. The highest BCUT2D eigenvalue weighted by Gasteiger charge is 2.33. The first-order valence-corrected chi connectivity index (χ1v) is 7.32. The second-order valence-electron chi connectivity index (χ2n) is 5.85. The molecular formula is C14H28N2O. The molecule has 2 rings (SSSR count). The van der Waals surface area contributed by atoms with Gasteiger partial charge in [0.2, 0.25) is 0 Å². The smallest absolute Gasteiger partial charge is 0.0565 e. The Morgan fingerprint density at radius 2 is 1.88 bits per heavy atom. The number of ether oxygens (including phenoxy) is 1. The number of piperidine rings is 1. The summed E-state index contributed by atoms with van der Waals surface area (Å²) in [4.78, 5) is 2.74. The number of rotatable bonds is 3. The highest BCUT2D eigenvalue weighted by Crippen LogP contribution is 2.29. The SMILES string of the molecule is CC1CC(N2CCCCC2CCN)CC(C)O1. The molecule has 0 amide bonds. The molecule has 2 heterocycles. The van der Waals surface area contributed by atoms with E-state index >= 15 is 0 Å². The molecule has 2 aliphatic rings. The molecule has 0 aliphatic carbocycles. The Morgan fingerprint density at radius 1 is 1.18 bits per heavy atom. The van der Waals surface area contributed by atoms with Gasteiger partial charge in [-0.3, -0.25) is 4.90 Å². The van der Waals surface area contributed by atoms with Gasteiger partial charge in [0.1, 0.15) is 0 Å². The maximum Gasteiger partial charge on any atom is 0.0565 e. The summed E-state index contributed by atoms with van der Waals surface area (Å²) < 4.78 is 5.85. The Bertz CT molecular complexity index is 222. The molecule has 100 valence electrons. The van der Waals surface area contributed by atoms with Crippen LogP contribution in [0.5, 0.6) is 0 Å². The molecule has 17 heavy (non-hydrogen) atoms. The van der Waals surface area contributed by atoms with Crippen LogP contribution in [0.3, 0.4) is 0 Å². The molecule has 2 saturated heterocycles. The lowest BCUT2D eigenvalue weighted by atomic mass is 9.91. The van der Waals surface area contributed by atoms with Gasteiger partial charge in [-0.25, -0.2) is 0 Å². The van der Waals surface area contributed by atoms with Gasteiger partial charge < -0.3 is 10.5 Å². The molecular weight excluding hydrogens is 212 g/mol. The van der Waals surface area contributed by atoms with E-state index in [2.05, 4.69) is 18.7 Å². The fourth-order valence-electron chi connectivity index (χ4n) is 3.65. The van der Waals surface area contributed by atoms with Gasteiger partial charge in [0.15, 0.2) is 0 Å². The van der Waals surface area contributed by atoms with E-state index in [9.17, 15) is 0 Å². The summed E-state index contributed by atoms with van der Waals surface area (Å²) in [6, 6.07) is 1.46. The zero-order chi connectivity index (χ0) is 12.3. The number of hydrogen-bond donors (Lipinski definition) is 1. The van der Waals surface area contributed by atoms with Gasteiger partial charge >= 0.3 is 0 Å². The van der Waals surface area contributed by atoms with E-state index < -0.39 is 0 Å². The van der Waals surface area contributed by atoms with Crippen molar-refractivity contribution in [1.82, 2.24) is 4.90 Å². The van der Waals surface area contributed by atoms with Crippen molar-refractivity contribution in [2.75, 3.05) is 13.1 Å². The largest absolute Gasteiger partial charge is 0.375 e. The van der Waals surface area contributed by atoms with E-state index in [0.717, 1.165) is 18.6 Å². The van der Waals surface area contributed by atoms with Crippen LogP contribution in [0, 0.1) is 0 Å². The van der Waals surface area contributed by atoms with E-state index in [1.165, 1.54) is 45.1 Å². The Hall–Kier alpha value is -0.120. The third-order valence-electron chi connectivity index (χ3n) is 4.31.